The maximum absolute atomic E-state index is 14.5. The number of allylic oxidation sites excluding steroid dienone is 2. The second-order valence-electron chi connectivity index (χ2n) is 7.29. The smallest absolute Gasteiger partial charge is 0.306 e. The number of ether oxygens (including phenoxy) is 1. The number of hydrogen-bond acceptors (Lipinski definition) is 3. The van der Waals surface area contributed by atoms with Crippen molar-refractivity contribution >= 4 is 18.6 Å². The molecular formula is C23H24NO3P. The van der Waals surface area contributed by atoms with E-state index in [2.05, 4.69) is 24.3 Å². The van der Waals surface area contributed by atoms with Crippen LogP contribution in [0.4, 0.5) is 0 Å². The van der Waals surface area contributed by atoms with Gasteiger partial charge in [-0.05, 0) is 24.7 Å². The van der Waals surface area contributed by atoms with Crippen LogP contribution in [0, 0.1) is 11.8 Å². The van der Waals surface area contributed by atoms with Crippen LogP contribution >= 0.6 is 7.29 Å². The van der Waals surface area contributed by atoms with Gasteiger partial charge in [0.2, 0.25) is 7.29 Å². The number of methoxy groups -OCH3 is 1. The van der Waals surface area contributed by atoms with Crippen LogP contribution in [0.1, 0.15) is 18.0 Å². The molecule has 0 aromatic heterocycles. The summed E-state index contributed by atoms with van der Waals surface area (Å²) in [5.74, 6) is -0.337. The molecule has 1 aliphatic heterocycles. The van der Waals surface area contributed by atoms with E-state index < -0.39 is 7.29 Å². The molecule has 0 radical (unpaired) electrons. The minimum absolute atomic E-state index is 0.00573. The van der Waals surface area contributed by atoms with Crippen LogP contribution < -0.4 is 5.30 Å². The van der Waals surface area contributed by atoms with Gasteiger partial charge in [0.05, 0.1) is 19.6 Å². The lowest BCUT2D eigenvalue weighted by molar-refractivity contribution is -0.141. The van der Waals surface area contributed by atoms with Crippen LogP contribution in [0.5, 0.6) is 0 Å². The molecule has 0 bridgehead atoms. The SMILES string of the molecule is COC(=O)C[C@@H]1C=C[C@H]2C(=C1)P(=O)(c1ccccc1)N(C)[C@@H]2c1ccccc1. The van der Waals surface area contributed by atoms with E-state index in [0.717, 1.165) is 16.2 Å². The summed E-state index contributed by atoms with van der Waals surface area (Å²) >= 11 is 0. The molecular weight excluding hydrogens is 369 g/mol. The normalized spacial score (nSPS) is 29.2. The number of nitrogens with zero attached hydrogens (tertiary/aromatic N) is 1. The number of esters is 1. The number of carbonyl (C=O) groups is 1. The number of hydrogen-bond donors (Lipinski definition) is 0. The van der Waals surface area contributed by atoms with Gasteiger partial charge in [0, 0.05) is 22.5 Å². The Morgan fingerprint density at radius 1 is 1.04 bits per heavy atom. The highest BCUT2D eigenvalue weighted by Gasteiger charge is 2.52. The molecule has 4 rings (SSSR count). The van der Waals surface area contributed by atoms with Crippen molar-refractivity contribution in [2.24, 2.45) is 11.8 Å². The molecule has 2 aromatic rings. The zero-order chi connectivity index (χ0) is 19.7. The monoisotopic (exact) mass is 393 g/mol. The molecule has 4 atom stereocenters. The molecule has 1 saturated heterocycles. The van der Waals surface area contributed by atoms with E-state index in [0.29, 0.717) is 0 Å². The third kappa shape index (κ3) is 3.07. The largest absolute Gasteiger partial charge is 0.469 e. The molecule has 0 spiro atoms. The summed E-state index contributed by atoms with van der Waals surface area (Å²) in [6, 6.07) is 19.9. The fourth-order valence-electron chi connectivity index (χ4n) is 4.34. The lowest BCUT2D eigenvalue weighted by Crippen LogP contribution is -2.22. The molecule has 2 aromatic carbocycles. The van der Waals surface area contributed by atoms with E-state index in [1.165, 1.54) is 7.11 Å². The first-order chi connectivity index (χ1) is 13.6. The van der Waals surface area contributed by atoms with Gasteiger partial charge in [0.25, 0.3) is 0 Å². The maximum atomic E-state index is 14.5. The average molecular weight is 393 g/mol. The third-order valence-electron chi connectivity index (χ3n) is 5.71. The zero-order valence-electron chi connectivity index (χ0n) is 16.1. The summed E-state index contributed by atoms with van der Waals surface area (Å²) in [6.45, 7) is 0. The first-order valence-electron chi connectivity index (χ1n) is 9.47. The molecule has 1 heterocycles. The molecule has 5 heteroatoms. The second-order valence-corrected chi connectivity index (χ2v) is 10.1. The van der Waals surface area contributed by atoms with Gasteiger partial charge in [-0.15, -0.1) is 0 Å². The van der Waals surface area contributed by atoms with E-state index >= 15 is 0 Å². The Bertz CT molecular complexity index is 968. The predicted octanol–water partition coefficient (Wildman–Crippen LogP) is 4.53. The predicted molar refractivity (Wildman–Crippen MR) is 111 cm³/mol. The van der Waals surface area contributed by atoms with Gasteiger partial charge >= 0.3 is 5.97 Å². The lowest BCUT2D eigenvalue weighted by Gasteiger charge is -2.26. The number of carbonyl (C=O) groups excluding carboxylic acids is 1. The van der Waals surface area contributed by atoms with Crippen molar-refractivity contribution in [3.8, 4) is 0 Å². The zero-order valence-corrected chi connectivity index (χ0v) is 17.0. The summed E-state index contributed by atoms with van der Waals surface area (Å²) in [4.78, 5) is 11.8. The fourth-order valence-corrected chi connectivity index (χ4v) is 7.60. The highest BCUT2D eigenvalue weighted by atomic mass is 31.2. The molecule has 1 fully saturated rings. The highest BCUT2D eigenvalue weighted by Crippen LogP contribution is 2.70. The van der Waals surface area contributed by atoms with Crippen LogP contribution in [0.2, 0.25) is 0 Å². The molecule has 1 unspecified atom stereocenters. The number of fused-ring (bicyclic) bond motifs is 1. The Balaban J connectivity index is 1.83. The summed E-state index contributed by atoms with van der Waals surface area (Å²) in [5, 5.41) is 1.76. The maximum Gasteiger partial charge on any atom is 0.306 e. The van der Waals surface area contributed by atoms with E-state index in [1.807, 2.05) is 66.3 Å². The third-order valence-corrected chi connectivity index (χ3v) is 8.99. The van der Waals surface area contributed by atoms with Gasteiger partial charge in [-0.3, -0.25) is 9.36 Å². The van der Waals surface area contributed by atoms with Gasteiger partial charge in [-0.25, -0.2) is 4.67 Å². The first-order valence-corrected chi connectivity index (χ1v) is 11.1. The van der Waals surface area contributed by atoms with Crippen molar-refractivity contribution in [1.82, 2.24) is 4.67 Å². The second kappa shape index (κ2) is 7.54. The van der Waals surface area contributed by atoms with Gasteiger partial charge in [0.15, 0.2) is 0 Å². The molecule has 1 aliphatic carbocycles. The Hall–Kier alpha value is -2.42. The van der Waals surface area contributed by atoms with Crippen molar-refractivity contribution < 1.29 is 14.1 Å². The van der Waals surface area contributed by atoms with Gasteiger partial charge < -0.3 is 4.74 Å². The van der Waals surface area contributed by atoms with E-state index in [9.17, 15) is 9.36 Å². The topological polar surface area (TPSA) is 46.6 Å². The Kier molecular flexibility index (Phi) is 5.09. The van der Waals surface area contributed by atoms with Crippen LogP contribution in [0.3, 0.4) is 0 Å². The molecule has 2 aliphatic rings. The van der Waals surface area contributed by atoms with Crippen molar-refractivity contribution in [2.45, 2.75) is 12.5 Å². The molecule has 0 saturated carbocycles. The Morgan fingerprint density at radius 3 is 2.32 bits per heavy atom. The molecule has 28 heavy (non-hydrogen) atoms. The Morgan fingerprint density at radius 2 is 1.68 bits per heavy atom. The van der Waals surface area contributed by atoms with Crippen molar-refractivity contribution in [3.63, 3.8) is 0 Å². The molecule has 144 valence electrons. The quantitative estimate of drug-likeness (QED) is 0.435. The standard InChI is InChI=1S/C23H24NO3P/c1-24-23(18-9-5-3-6-10-18)20-14-13-17(16-22(25)27-2)15-21(20)28(24,26)19-11-7-4-8-12-19/h3-15,17,20,23H,16H2,1-2H3/t17-,20+,23-,28?/m1/s1. The van der Waals surface area contributed by atoms with Crippen LogP contribution in [0.15, 0.2) is 84.2 Å². The number of benzene rings is 2. The Labute approximate surface area is 165 Å². The van der Waals surface area contributed by atoms with E-state index in [1.54, 1.807) is 0 Å². The number of rotatable bonds is 4. The average Bonchev–Trinajstić information content (AvgIpc) is 2.97. The summed E-state index contributed by atoms with van der Waals surface area (Å²) in [5.41, 5.74) is 1.14. The van der Waals surface area contributed by atoms with Gasteiger partial charge in [-0.2, -0.15) is 0 Å². The minimum Gasteiger partial charge on any atom is -0.469 e. The molecule has 0 amide bonds. The summed E-state index contributed by atoms with van der Waals surface area (Å²) in [7, 11) is 0.385. The molecule has 4 nitrogen and oxygen atoms in total. The van der Waals surface area contributed by atoms with Crippen molar-refractivity contribution in [2.75, 3.05) is 14.2 Å². The van der Waals surface area contributed by atoms with Crippen LogP contribution in [0.25, 0.3) is 0 Å². The molecule has 0 N–H and O–H groups in total. The summed E-state index contributed by atoms with van der Waals surface area (Å²) in [6.07, 6.45) is 6.47. The van der Waals surface area contributed by atoms with Gasteiger partial charge in [-0.1, -0.05) is 66.8 Å². The minimum atomic E-state index is -2.96. The van der Waals surface area contributed by atoms with Gasteiger partial charge in [0.1, 0.15) is 0 Å². The summed E-state index contributed by atoms with van der Waals surface area (Å²) < 4.78 is 21.4. The van der Waals surface area contributed by atoms with E-state index in [-0.39, 0.29) is 30.3 Å². The first kappa shape index (κ1) is 18.9. The van der Waals surface area contributed by atoms with Crippen molar-refractivity contribution in [1.29, 1.82) is 0 Å². The van der Waals surface area contributed by atoms with Crippen molar-refractivity contribution in [3.05, 3.63) is 89.8 Å². The van der Waals surface area contributed by atoms with Crippen LogP contribution in [-0.2, 0) is 14.1 Å². The van der Waals surface area contributed by atoms with E-state index in [4.69, 9.17) is 4.74 Å². The fraction of sp³-hybridized carbons (Fsp3) is 0.261. The van der Waals surface area contributed by atoms with Crippen LogP contribution in [-0.4, -0.2) is 24.8 Å². The lowest BCUT2D eigenvalue weighted by atomic mass is 9.86. The highest BCUT2D eigenvalue weighted by molar-refractivity contribution is 7.73.